The molecular formula is C14H20FNO3. The van der Waals surface area contributed by atoms with E-state index in [1.807, 2.05) is 13.8 Å². The zero-order valence-electron chi connectivity index (χ0n) is 11.7. The van der Waals surface area contributed by atoms with Crippen molar-refractivity contribution in [1.82, 2.24) is 5.32 Å². The van der Waals surface area contributed by atoms with Crippen molar-refractivity contribution >= 4 is 5.97 Å². The van der Waals surface area contributed by atoms with Crippen LogP contribution in [-0.2, 0) is 16.1 Å². The number of hydrogen-bond acceptors (Lipinski definition) is 4. The molecule has 0 saturated carbocycles. The van der Waals surface area contributed by atoms with Gasteiger partial charge in [-0.2, -0.15) is 0 Å². The monoisotopic (exact) mass is 269 g/mol. The average Bonchev–Trinajstić information content (AvgIpc) is 2.37. The molecule has 0 spiro atoms. The predicted octanol–water partition coefficient (Wildman–Crippen LogP) is 2.26. The highest BCUT2D eigenvalue weighted by molar-refractivity contribution is 5.74. The van der Waals surface area contributed by atoms with Crippen LogP contribution in [0.5, 0.6) is 5.75 Å². The maximum Gasteiger partial charge on any atom is 0.346 e. The third kappa shape index (κ3) is 4.87. The maximum atomic E-state index is 13.3. The van der Waals surface area contributed by atoms with Crippen LogP contribution >= 0.6 is 0 Å². The molecular weight excluding hydrogens is 249 g/mol. The summed E-state index contributed by atoms with van der Waals surface area (Å²) in [4.78, 5) is 11.3. The lowest BCUT2D eigenvalue weighted by atomic mass is 10.2. The molecule has 1 atom stereocenters. The van der Waals surface area contributed by atoms with Gasteiger partial charge in [0.05, 0.1) is 7.11 Å². The predicted molar refractivity (Wildman–Crippen MR) is 70.5 cm³/mol. The Balaban J connectivity index is 2.84. The fourth-order valence-corrected chi connectivity index (χ4v) is 1.52. The molecule has 0 radical (unpaired) electrons. The Morgan fingerprint density at radius 3 is 2.63 bits per heavy atom. The highest BCUT2D eigenvalue weighted by Gasteiger charge is 2.17. The molecule has 5 heteroatoms. The van der Waals surface area contributed by atoms with Crippen molar-refractivity contribution in [2.24, 2.45) is 0 Å². The number of hydrogen-bond donors (Lipinski definition) is 1. The van der Waals surface area contributed by atoms with Gasteiger partial charge in [0, 0.05) is 18.2 Å². The molecule has 0 aliphatic heterocycles. The summed E-state index contributed by atoms with van der Waals surface area (Å²) in [6, 6.07) is 4.49. The summed E-state index contributed by atoms with van der Waals surface area (Å²) < 4.78 is 23.4. The minimum Gasteiger partial charge on any atom is -0.479 e. The van der Waals surface area contributed by atoms with E-state index in [1.54, 1.807) is 6.92 Å². The first-order valence-electron chi connectivity index (χ1n) is 6.20. The molecule has 0 aliphatic carbocycles. The number of ether oxygens (including phenoxy) is 2. The van der Waals surface area contributed by atoms with Crippen LogP contribution in [0.3, 0.4) is 0 Å². The van der Waals surface area contributed by atoms with E-state index in [0.29, 0.717) is 17.9 Å². The highest BCUT2D eigenvalue weighted by Crippen LogP contribution is 2.21. The minimum absolute atomic E-state index is 0.272. The lowest BCUT2D eigenvalue weighted by Crippen LogP contribution is -2.26. The van der Waals surface area contributed by atoms with E-state index in [0.717, 1.165) is 0 Å². The van der Waals surface area contributed by atoms with Crippen molar-refractivity contribution in [3.63, 3.8) is 0 Å². The van der Waals surface area contributed by atoms with Gasteiger partial charge in [0.2, 0.25) is 0 Å². The molecule has 19 heavy (non-hydrogen) atoms. The van der Waals surface area contributed by atoms with Gasteiger partial charge in [0.1, 0.15) is 11.6 Å². The van der Waals surface area contributed by atoms with Crippen molar-refractivity contribution in [3.8, 4) is 5.75 Å². The third-order valence-electron chi connectivity index (χ3n) is 2.56. The number of rotatable bonds is 6. The number of carbonyl (C=O) groups is 1. The minimum atomic E-state index is -0.728. The van der Waals surface area contributed by atoms with Crippen molar-refractivity contribution in [2.45, 2.75) is 39.5 Å². The largest absolute Gasteiger partial charge is 0.479 e. The summed E-state index contributed by atoms with van der Waals surface area (Å²) >= 11 is 0. The molecule has 1 aromatic rings. The van der Waals surface area contributed by atoms with E-state index in [9.17, 15) is 9.18 Å². The van der Waals surface area contributed by atoms with Crippen LogP contribution in [-0.4, -0.2) is 25.2 Å². The first-order chi connectivity index (χ1) is 8.93. The van der Waals surface area contributed by atoms with Gasteiger partial charge in [-0.1, -0.05) is 13.8 Å². The van der Waals surface area contributed by atoms with Gasteiger partial charge < -0.3 is 14.8 Å². The van der Waals surface area contributed by atoms with E-state index in [-0.39, 0.29) is 11.9 Å². The summed E-state index contributed by atoms with van der Waals surface area (Å²) in [5.74, 6) is -0.321. The third-order valence-corrected chi connectivity index (χ3v) is 2.56. The van der Waals surface area contributed by atoms with Gasteiger partial charge in [-0.25, -0.2) is 9.18 Å². The maximum absolute atomic E-state index is 13.3. The summed E-state index contributed by atoms with van der Waals surface area (Å²) in [5, 5.41) is 3.18. The lowest BCUT2D eigenvalue weighted by Gasteiger charge is -2.17. The molecule has 1 N–H and O–H groups in total. The molecule has 0 fully saturated rings. The average molecular weight is 269 g/mol. The number of nitrogens with one attached hydrogen (secondary N) is 1. The number of benzene rings is 1. The molecule has 0 saturated heterocycles. The second-order valence-electron chi connectivity index (χ2n) is 4.57. The van der Waals surface area contributed by atoms with Crippen LogP contribution in [0.25, 0.3) is 0 Å². The van der Waals surface area contributed by atoms with E-state index in [4.69, 9.17) is 4.74 Å². The van der Waals surface area contributed by atoms with Crippen LogP contribution in [0.2, 0.25) is 0 Å². The van der Waals surface area contributed by atoms with Crippen molar-refractivity contribution in [3.05, 3.63) is 29.6 Å². The van der Waals surface area contributed by atoms with Gasteiger partial charge in [0.15, 0.2) is 6.10 Å². The Bertz CT molecular complexity index is 435. The summed E-state index contributed by atoms with van der Waals surface area (Å²) in [7, 11) is 1.30. The molecule has 0 amide bonds. The SMILES string of the molecule is COC(=O)C(C)Oc1ccc(F)cc1CNC(C)C. The van der Waals surface area contributed by atoms with Crippen LogP contribution in [0.1, 0.15) is 26.3 Å². The molecule has 0 aliphatic rings. The Labute approximate surface area is 112 Å². The smallest absolute Gasteiger partial charge is 0.346 e. The fraction of sp³-hybridized carbons (Fsp3) is 0.500. The first kappa shape index (κ1) is 15.4. The first-order valence-corrected chi connectivity index (χ1v) is 6.20. The zero-order chi connectivity index (χ0) is 14.4. The standard InChI is InChI=1S/C14H20FNO3/c1-9(2)16-8-11-7-12(15)5-6-13(11)19-10(3)14(17)18-4/h5-7,9-10,16H,8H2,1-4H3. The fourth-order valence-electron chi connectivity index (χ4n) is 1.52. The zero-order valence-corrected chi connectivity index (χ0v) is 11.7. The second kappa shape index (κ2) is 7.09. The number of carbonyl (C=O) groups excluding carboxylic acids is 1. The van der Waals surface area contributed by atoms with E-state index < -0.39 is 12.1 Å². The van der Waals surface area contributed by atoms with E-state index in [2.05, 4.69) is 10.1 Å². The Morgan fingerprint density at radius 2 is 2.05 bits per heavy atom. The number of methoxy groups -OCH3 is 1. The number of esters is 1. The van der Waals surface area contributed by atoms with Crippen LogP contribution < -0.4 is 10.1 Å². The second-order valence-corrected chi connectivity index (χ2v) is 4.57. The molecule has 1 aromatic carbocycles. The topological polar surface area (TPSA) is 47.6 Å². The van der Waals surface area contributed by atoms with Gasteiger partial charge in [-0.05, 0) is 25.1 Å². The van der Waals surface area contributed by atoms with E-state index >= 15 is 0 Å². The Kier molecular flexibility index (Phi) is 5.76. The van der Waals surface area contributed by atoms with Gasteiger partial charge in [-0.15, -0.1) is 0 Å². The van der Waals surface area contributed by atoms with Gasteiger partial charge in [0.25, 0.3) is 0 Å². The normalized spacial score (nSPS) is 12.3. The van der Waals surface area contributed by atoms with Crippen molar-refractivity contribution in [1.29, 1.82) is 0 Å². The van der Waals surface area contributed by atoms with Crippen LogP contribution in [0.15, 0.2) is 18.2 Å². The highest BCUT2D eigenvalue weighted by atomic mass is 19.1. The van der Waals surface area contributed by atoms with Crippen molar-refractivity contribution < 1.29 is 18.7 Å². The lowest BCUT2D eigenvalue weighted by molar-refractivity contribution is -0.147. The Morgan fingerprint density at radius 1 is 1.37 bits per heavy atom. The number of halogens is 1. The molecule has 1 rings (SSSR count). The van der Waals surface area contributed by atoms with Crippen LogP contribution in [0.4, 0.5) is 4.39 Å². The molecule has 1 unspecified atom stereocenters. The summed E-state index contributed by atoms with van der Waals surface area (Å²) in [6.45, 7) is 6.06. The quantitative estimate of drug-likeness (QED) is 0.805. The van der Waals surface area contributed by atoms with Gasteiger partial charge in [-0.3, -0.25) is 0 Å². The molecule has 4 nitrogen and oxygen atoms in total. The van der Waals surface area contributed by atoms with Crippen molar-refractivity contribution in [2.75, 3.05) is 7.11 Å². The van der Waals surface area contributed by atoms with Crippen LogP contribution in [0, 0.1) is 5.82 Å². The van der Waals surface area contributed by atoms with E-state index in [1.165, 1.54) is 25.3 Å². The summed E-state index contributed by atoms with van der Waals surface area (Å²) in [5.41, 5.74) is 0.671. The molecule has 106 valence electrons. The Hall–Kier alpha value is -1.62. The summed E-state index contributed by atoms with van der Waals surface area (Å²) in [6.07, 6.45) is -0.728. The molecule has 0 heterocycles. The molecule has 0 bridgehead atoms. The van der Waals surface area contributed by atoms with Gasteiger partial charge >= 0.3 is 5.97 Å². The molecule has 0 aromatic heterocycles.